The maximum atomic E-state index is 13.1. The molecule has 1 unspecified atom stereocenters. The molecule has 0 bridgehead atoms. The van der Waals surface area contributed by atoms with Gasteiger partial charge in [0.05, 0.1) is 0 Å². The standard InChI is InChI=1S/C22H32O/c1-14(2)17-13-19-16-9-8-15-7-5-6-11-21(15,3)18(16)10-12-22(19,4)20(17)23/h5,7-8,14,16-19H,6,9-13H2,1-4H3/t16-,17?,18-,19+,21+,22+/m1/s1. The van der Waals surface area contributed by atoms with Crippen molar-refractivity contribution in [2.24, 2.45) is 40.4 Å². The fraction of sp³-hybridized carbons (Fsp3) is 0.773. The van der Waals surface area contributed by atoms with Gasteiger partial charge < -0.3 is 0 Å². The van der Waals surface area contributed by atoms with Gasteiger partial charge in [0.1, 0.15) is 5.78 Å². The monoisotopic (exact) mass is 312 g/mol. The van der Waals surface area contributed by atoms with Crippen molar-refractivity contribution in [3.63, 3.8) is 0 Å². The highest BCUT2D eigenvalue weighted by Crippen LogP contribution is 2.64. The van der Waals surface area contributed by atoms with Gasteiger partial charge in [0.25, 0.3) is 0 Å². The lowest BCUT2D eigenvalue weighted by Crippen LogP contribution is -2.49. The highest BCUT2D eigenvalue weighted by atomic mass is 16.1. The van der Waals surface area contributed by atoms with Crippen LogP contribution < -0.4 is 0 Å². The van der Waals surface area contributed by atoms with Crippen molar-refractivity contribution >= 4 is 5.78 Å². The lowest BCUT2D eigenvalue weighted by atomic mass is 9.49. The van der Waals surface area contributed by atoms with Crippen molar-refractivity contribution in [3.05, 3.63) is 23.8 Å². The minimum atomic E-state index is -0.0255. The van der Waals surface area contributed by atoms with E-state index in [1.165, 1.54) is 25.7 Å². The molecular weight excluding hydrogens is 280 g/mol. The quantitative estimate of drug-likeness (QED) is 0.619. The van der Waals surface area contributed by atoms with E-state index in [1.54, 1.807) is 5.57 Å². The maximum Gasteiger partial charge on any atom is 0.142 e. The number of allylic oxidation sites excluding steroid dienone is 4. The fourth-order valence-electron chi connectivity index (χ4n) is 6.74. The highest BCUT2D eigenvalue weighted by molar-refractivity contribution is 5.89. The van der Waals surface area contributed by atoms with E-state index in [4.69, 9.17) is 0 Å². The molecule has 0 aromatic carbocycles. The van der Waals surface area contributed by atoms with Crippen LogP contribution in [-0.4, -0.2) is 5.78 Å². The summed E-state index contributed by atoms with van der Waals surface area (Å²) < 4.78 is 0. The van der Waals surface area contributed by atoms with Crippen molar-refractivity contribution in [1.29, 1.82) is 0 Å². The van der Waals surface area contributed by atoms with E-state index in [1.807, 2.05) is 0 Å². The zero-order chi connectivity index (χ0) is 16.4. The molecule has 0 radical (unpaired) electrons. The summed E-state index contributed by atoms with van der Waals surface area (Å²) in [5, 5.41) is 0. The van der Waals surface area contributed by atoms with E-state index in [0.717, 1.165) is 24.7 Å². The lowest BCUT2D eigenvalue weighted by Gasteiger charge is -2.55. The van der Waals surface area contributed by atoms with E-state index >= 15 is 0 Å². The molecule has 2 fully saturated rings. The van der Waals surface area contributed by atoms with Crippen LogP contribution in [0.5, 0.6) is 0 Å². The average molecular weight is 312 g/mol. The lowest BCUT2D eigenvalue weighted by molar-refractivity contribution is -0.134. The predicted octanol–water partition coefficient (Wildman–Crippen LogP) is 5.57. The van der Waals surface area contributed by atoms with Crippen LogP contribution in [0.4, 0.5) is 0 Å². The minimum absolute atomic E-state index is 0.0255. The number of hydrogen-bond acceptors (Lipinski definition) is 1. The van der Waals surface area contributed by atoms with Gasteiger partial charge in [0, 0.05) is 11.3 Å². The summed E-state index contributed by atoms with van der Waals surface area (Å²) in [4.78, 5) is 13.1. The molecule has 6 atom stereocenters. The molecule has 2 saturated carbocycles. The van der Waals surface area contributed by atoms with E-state index < -0.39 is 0 Å². The topological polar surface area (TPSA) is 17.1 Å². The Balaban J connectivity index is 1.71. The van der Waals surface area contributed by atoms with Gasteiger partial charge in [0.2, 0.25) is 0 Å². The number of ketones is 1. The van der Waals surface area contributed by atoms with Gasteiger partial charge in [0.15, 0.2) is 0 Å². The first-order valence-corrected chi connectivity index (χ1v) is 9.79. The largest absolute Gasteiger partial charge is 0.299 e. The Morgan fingerprint density at radius 1 is 1.13 bits per heavy atom. The summed E-state index contributed by atoms with van der Waals surface area (Å²) in [5.41, 5.74) is 1.94. The molecule has 0 aromatic rings. The molecule has 4 aliphatic carbocycles. The van der Waals surface area contributed by atoms with Gasteiger partial charge >= 0.3 is 0 Å². The summed E-state index contributed by atoms with van der Waals surface area (Å²) in [7, 11) is 0. The van der Waals surface area contributed by atoms with Crippen LogP contribution in [-0.2, 0) is 4.79 Å². The van der Waals surface area contributed by atoms with Gasteiger partial charge in [-0.25, -0.2) is 0 Å². The third kappa shape index (κ3) is 2.01. The van der Waals surface area contributed by atoms with E-state index in [2.05, 4.69) is 45.9 Å². The molecule has 0 N–H and O–H groups in total. The molecule has 4 rings (SSSR count). The number of carbonyl (C=O) groups is 1. The van der Waals surface area contributed by atoms with Crippen LogP contribution in [0, 0.1) is 40.4 Å². The summed E-state index contributed by atoms with van der Waals surface area (Å²) in [6, 6.07) is 0. The van der Waals surface area contributed by atoms with E-state index in [9.17, 15) is 4.79 Å². The third-order valence-corrected chi connectivity index (χ3v) is 8.25. The summed E-state index contributed by atoms with van der Waals surface area (Å²) in [6.07, 6.45) is 14.6. The molecule has 1 nitrogen and oxygen atoms in total. The second-order valence-corrected chi connectivity index (χ2v) is 9.54. The van der Waals surface area contributed by atoms with Crippen molar-refractivity contribution in [3.8, 4) is 0 Å². The number of carbonyl (C=O) groups excluding carboxylic acids is 1. The highest BCUT2D eigenvalue weighted by Gasteiger charge is 2.60. The predicted molar refractivity (Wildman–Crippen MR) is 94.9 cm³/mol. The smallest absolute Gasteiger partial charge is 0.142 e. The molecule has 0 saturated heterocycles. The van der Waals surface area contributed by atoms with Crippen LogP contribution in [0.2, 0.25) is 0 Å². The number of hydrogen-bond donors (Lipinski definition) is 0. The molecule has 23 heavy (non-hydrogen) atoms. The molecule has 4 aliphatic rings. The molecule has 1 heteroatoms. The Morgan fingerprint density at radius 2 is 1.91 bits per heavy atom. The summed E-state index contributed by atoms with van der Waals surface area (Å²) >= 11 is 0. The first kappa shape index (κ1) is 15.7. The van der Waals surface area contributed by atoms with Crippen LogP contribution in [0.25, 0.3) is 0 Å². The first-order chi connectivity index (χ1) is 10.9. The van der Waals surface area contributed by atoms with Crippen molar-refractivity contribution in [1.82, 2.24) is 0 Å². The zero-order valence-electron chi connectivity index (χ0n) is 15.3. The SMILES string of the molecule is CC(C)C1C[C@H]2[C@@H]3CC=C4C=CCC[C@]4(C)[C@@H]3CC[C@]2(C)C1=O. The van der Waals surface area contributed by atoms with Gasteiger partial charge in [-0.3, -0.25) is 4.79 Å². The Morgan fingerprint density at radius 3 is 2.65 bits per heavy atom. The first-order valence-electron chi connectivity index (χ1n) is 9.79. The van der Waals surface area contributed by atoms with Gasteiger partial charge in [-0.05, 0) is 73.2 Å². The number of fused-ring (bicyclic) bond motifs is 5. The van der Waals surface area contributed by atoms with Gasteiger partial charge in [-0.1, -0.05) is 45.9 Å². The number of Topliss-reactive ketones (excluding diaryl/α,β-unsaturated/α-hetero) is 1. The van der Waals surface area contributed by atoms with Crippen LogP contribution in [0.15, 0.2) is 23.8 Å². The van der Waals surface area contributed by atoms with Gasteiger partial charge in [-0.2, -0.15) is 0 Å². The third-order valence-electron chi connectivity index (χ3n) is 8.25. The molecule has 0 spiro atoms. The zero-order valence-corrected chi connectivity index (χ0v) is 15.3. The second kappa shape index (κ2) is 5.07. The fourth-order valence-corrected chi connectivity index (χ4v) is 6.74. The summed E-state index contributed by atoms with van der Waals surface area (Å²) in [5.74, 6) is 3.58. The van der Waals surface area contributed by atoms with Crippen LogP contribution >= 0.6 is 0 Å². The van der Waals surface area contributed by atoms with Crippen LogP contribution in [0.3, 0.4) is 0 Å². The van der Waals surface area contributed by atoms with Crippen molar-refractivity contribution in [2.75, 3.05) is 0 Å². The van der Waals surface area contributed by atoms with Crippen molar-refractivity contribution < 1.29 is 4.79 Å². The van der Waals surface area contributed by atoms with E-state index in [0.29, 0.717) is 29.0 Å². The minimum Gasteiger partial charge on any atom is -0.299 e. The summed E-state index contributed by atoms with van der Waals surface area (Å²) in [6.45, 7) is 9.30. The maximum absolute atomic E-state index is 13.1. The molecule has 0 heterocycles. The molecule has 0 aliphatic heterocycles. The van der Waals surface area contributed by atoms with Crippen LogP contribution in [0.1, 0.15) is 66.2 Å². The molecule has 0 aromatic heterocycles. The Labute approximate surface area is 141 Å². The molecule has 0 amide bonds. The molecule has 126 valence electrons. The van der Waals surface area contributed by atoms with Crippen molar-refractivity contribution in [2.45, 2.75) is 66.2 Å². The van der Waals surface area contributed by atoms with Gasteiger partial charge in [-0.15, -0.1) is 0 Å². The van der Waals surface area contributed by atoms with E-state index in [-0.39, 0.29) is 5.41 Å². The normalized spacial score (nSPS) is 48.7. The second-order valence-electron chi connectivity index (χ2n) is 9.54. The average Bonchev–Trinajstić information content (AvgIpc) is 2.79. The number of rotatable bonds is 1. The Bertz CT molecular complexity index is 583. The molecular formula is C22H32O. The Kier molecular flexibility index (Phi) is 3.45. The Hall–Kier alpha value is -0.850.